The number of aromatic amines is 1. The highest BCUT2D eigenvalue weighted by Gasteiger charge is 2.52. The normalized spacial score (nSPS) is 37.0. The molecular formula is C15H27FN4O16P2+2. The number of quaternary nitrogens is 2. The predicted octanol–water partition coefficient (Wildman–Crippen LogP) is -5.45. The van der Waals surface area contributed by atoms with Gasteiger partial charge in [-0.2, -0.15) is 4.31 Å². The third-order valence-corrected chi connectivity index (χ3v) is 8.59. The molecule has 2 aliphatic heterocycles. The van der Waals surface area contributed by atoms with Crippen LogP contribution in [0.3, 0.4) is 0 Å². The first-order chi connectivity index (χ1) is 17.8. The van der Waals surface area contributed by atoms with Gasteiger partial charge in [-0.1, -0.05) is 9.25 Å². The summed E-state index contributed by atoms with van der Waals surface area (Å²) in [4.78, 5) is 25.1. The molecule has 0 bridgehead atoms. The molecule has 3 rings (SSSR count). The summed E-state index contributed by atoms with van der Waals surface area (Å²) in [6, 6.07) is 0.950. The number of aliphatic hydroxyl groups excluding tert-OH is 5. The van der Waals surface area contributed by atoms with Crippen LogP contribution in [0.5, 0.6) is 0 Å². The molecule has 2 aliphatic rings. The Morgan fingerprint density at radius 1 is 0.947 bits per heavy atom. The van der Waals surface area contributed by atoms with Gasteiger partial charge in [0, 0.05) is 12.3 Å². The number of H-pyrrole nitrogens is 1. The summed E-state index contributed by atoms with van der Waals surface area (Å²) in [7, 11) is -10.2. The molecule has 20 nitrogen and oxygen atoms in total. The lowest BCUT2D eigenvalue weighted by molar-refractivity contribution is -0.648. The van der Waals surface area contributed by atoms with E-state index in [0.29, 0.717) is 0 Å². The second kappa shape index (κ2) is 12.4. The summed E-state index contributed by atoms with van der Waals surface area (Å²) in [6.45, 7) is -2.26. The number of aliphatic hydroxyl groups is 5. The SMILES string of the molecule is [NH3+]OP(=O)(OC[C@H]1O[C@@H](n2ccc(=O)[nH]c2=O)[C@H](O)[C@@H]1O)OP(=O)(O[NH3+])OC1OC(CF)C(O)C(O)C1O. The molecule has 1 aromatic heterocycles. The maximum Gasteiger partial charge on any atom is 0.532 e. The molecule has 2 saturated heterocycles. The molecule has 0 radical (unpaired) electrons. The lowest BCUT2D eigenvalue weighted by atomic mass is 10.00. The predicted molar refractivity (Wildman–Crippen MR) is 111 cm³/mol. The van der Waals surface area contributed by atoms with Gasteiger partial charge in [-0.05, 0) is 0 Å². The number of alkyl halides is 1. The Balaban J connectivity index is 1.69. The van der Waals surface area contributed by atoms with Gasteiger partial charge in [0.15, 0.2) is 12.5 Å². The summed E-state index contributed by atoms with van der Waals surface area (Å²) in [6.07, 6.45) is -15.4. The summed E-state index contributed by atoms with van der Waals surface area (Å²) in [5.41, 5.74) is -1.71. The molecule has 0 spiro atoms. The summed E-state index contributed by atoms with van der Waals surface area (Å²) < 4.78 is 72.8. The van der Waals surface area contributed by atoms with E-state index < -0.39 is 95.4 Å². The summed E-state index contributed by atoms with van der Waals surface area (Å²) >= 11 is 0. The first-order valence-corrected chi connectivity index (χ1v) is 13.4. The molecule has 0 aromatic carbocycles. The Morgan fingerprint density at radius 3 is 2.16 bits per heavy atom. The second-order valence-corrected chi connectivity index (χ2v) is 11.3. The van der Waals surface area contributed by atoms with E-state index in [4.69, 9.17) is 18.5 Å². The zero-order valence-corrected chi connectivity index (χ0v) is 20.9. The van der Waals surface area contributed by atoms with Crippen molar-refractivity contribution in [2.75, 3.05) is 13.3 Å². The molecule has 0 amide bonds. The molecule has 23 heteroatoms. The Bertz CT molecular complexity index is 1170. The molecule has 3 heterocycles. The quantitative estimate of drug-likeness (QED) is 0.0867. The van der Waals surface area contributed by atoms with Crippen molar-refractivity contribution in [2.45, 2.75) is 55.2 Å². The molecule has 1 aromatic rings. The lowest BCUT2D eigenvalue weighted by Crippen LogP contribution is -2.59. The zero-order valence-electron chi connectivity index (χ0n) is 19.1. The number of hydrogen-bond donors (Lipinski definition) is 8. The molecule has 11 atom stereocenters. The fourth-order valence-corrected chi connectivity index (χ4v) is 6.02. The molecule has 0 saturated carbocycles. The maximum absolute atomic E-state index is 13.1. The first kappa shape index (κ1) is 31.0. The molecular weight excluding hydrogens is 573 g/mol. The van der Waals surface area contributed by atoms with E-state index in [1.165, 1.54) is 0 Å². The first-order valence-electron chi connectivity index (χ1n) is 10.5. The van der Waals surface area contributed by atoms with Gasteiger partial charge >= 0.3 is 21.3 Å². The van der Waals surface area contributed by atoms with E-state index in [1.54, 1.807) is 0 Å². The van der Waals surface area contributed by atoms with E-state index >= 15 is 0 Å². The number of nitrogens with zero attached hydrogens (tertiary/aromatic N) is 1. The van der Waals surface area contributed by atoms with Gasteiger partial charge in [0.25, 0.3) is 5.56 Å². The van der Waals surface area contributed by atoms with Crippen molar-refractivity contribution in [2.24, 2.45) is 0 Å². The minimum Gasteiger partial charge on any atom is -0.387 e. The Kier molecular flexibility index (Phi) is 10.1. The van der Waals surface area contributed by atoms with Crippen molar-refractivity contribution < 1.29 is 82.9 Å². The average Bonchev–Trinajstić information content (AvgIpc) is 3.16. The highest BCUT2D eigenvalue weighted by atomic mass is 31.3. The van der Waals surface area contributed by atoms with Gasteiger partial charge in [-0.3, -0.25) is 23.4 Å². The van der Waals surface area contributed by atoms with E-state index in [0.717, 1.165) is 16.8 Å². The number of nitrogens with one attached hydrogen (secondary N) is 1. The van der Waals surface area contributed by atoms with Gasteiger partial charge in [0.2, 0.25) is 0 Å². The number of hydrogen-bond acceptors (Lipinski definition) is 16. The standard InChI is InChI=1S/C15H26FN4O16P2/c16-3-5-8(22)10(24)12(26)14(32-5)33-38(29,35-18)36-37(28,34-17)30-4-6-9(23)11(25)13(31-6)20-2-1-7(21)19-15(20)27/h1-2,5-6,8-14,22-26H,3-4H2,17-18H3/q+1/p+1/t5?,6-,8?,9-,10?,11-,12?,13-,14?,37?,38?/m1/s1. The Labute approximate surface area is 210 Å². The Hall–Kier alpha value is -1.49. The largest absolute Gasteiger partial charge is 0.532 e. The van der Waals surface area contributed by atoms with Crippen LogP contribution in [-0.4, -0.2) is 97.4 Å². The molecule has 38 heavy (non-hydrogen) atoms. The van der Waals surface area contributed by atoms with Gasteiger partial charge in [0.05, 0.1) is 6.61 Å². The van der Waals surface area contributed by atoms with E-state index in [1.807, 2.05) is 4.98 Å². The van der Waals surface area contributed by atoms with E-state index in [2.05, 4.69) is 25.4 Å². The van der Waals surface area contributed by atoms with Crippen LogP contribution in [0.4, 0.5) is 4.39 Å². The van der Waals surface area contributed by atoms with Crippen molar-refractivity contribution in [3.8, 4) is 0 Å². The molecule has 218 valence electrons. The van der Waals surface area contributed by atoms with Crippen molar-refractivity contribution in [3.63, 3.8) is 0 Å². The number of ether oxygens (including phenoxy) is 2. The number of rotatable bonds is 11. The second-order valence-electron chi connectivity index (χ2n) is 7.87. The van der Waals surface area contributed by atoms with Crippen molar-refractivity contribution >= 4 is 15.6 Å². The van der Waals surface area contributed by atoms with Crippen LogP contribution in [-0.2, 0) is 41.2 Å². The number of halogens is 1. The third-order valence-electron chi connectivity index (χ3n) is 5.43. The van der Waals surface area contributed by atoms with Crippen LogP contribution < -0.4 is 23.0 Å². The van der Waals surface area contributed by atoms with Gasteiger partial charge in [-0.25, -0.2) is 30.1 Å². The monoisotopic (exact) mass is 600 g/mol. The lowest BCUT2D eigenvalue weighted by Gasteiger charge is -2.39. The van der Waals surface area contributed by atoms with Crippen LogP contribution in [0, 0.1) is 0 Å². The van der Waals surface area contributed by atoms with Crippen molar-refractivity contribution in [1.82, 2.24) is 9.55 Å². The van der Waals surface area contributed by atoms with E-state index in [9.17, 15) is 48.6 Å². The third kappa shape index (κ3) is 6.62. The van der Waals surface area contributed by atoms with Gasteiger partial charge in [0.1, 0.15) is 49.4 Å². The van der Waals surface area contributed by atoms with Crippen LogP contribution in [0.2, 0.25) is 0 Å². The Morgan fingerprint density at radius 2 is 1.58 bits per heavy atom. The highest BCUT2D eigenvalue weighted by Crippen LogP contribution is 2.65. The molecule has 2 fully saturated rings. The maximum atomic E-state index is 13.1. The van der Waals surface area contributed by atoms with Crippen LogP contribution >= 0.6 is 15.6 Å². The smallest absolute Gasteiger partial charge is 0.387 e. The fourth-order valence-electron chi connectivity index (χ4n) is 3.43. The number of phosphoric acid groups is 2. The minimum absolute atomic E-state index is 0.735. The average molecular weight is 600 g/mol. The summed E-state index contributed by atoms with van der Waals surface area (Å²) in [5, 5.41) is 50.0. The number of aromatic nitrogens is 2. The highest BCUT2D eigenvalue weighted by molar-refractivity contribution is 7.62. The van der Waals surface area contributed by atoms with Crippen LogP contribution in [0.15, 0.2) is 21.9 Å². The molecule has 12 N–H and O–H groups in total. The van der Waals surface area contributed by atoms with Crippen LogP contribution in [0.25, 0.3) is 0 Å². The van der Waals surface area contributed by atoms with Gasteiger partial charge < -0.3 is 35.0 Å². The molecule has 7 unspecified atom stereocenters. The van der Waals surface area contributed by atoms with Crippen molar-refractivity contribution in [1.29, 1.82) is 0 Å². The van der Waals surface area contributed by atoms with Crippen LogP contribution in [0.1, 0.15) is 6.23 Å². The van der Waals surface area contributed by atoms with E-state index in [-0.39, 0.29) is 0 Å². The molecule has 0 aliphatic carbocycles. The summed E-state index contributed by atoms with van der Waals surface area (Å²) in [5.74, 6) is 5.66. The topological polar surface area (TPSA) is 310 Å². The van der Waals surface area contributed by atoms with Crippen molar-refractivity contribution in [3.05, 3.63) is 33.1 Å². The zero-order chi connectivity index (χ0) is 28.4. The minimum atomic E-state index is -5.18. The fraction of sp³-hybridized carbons (Fsp3) is 0.733. The van der Waals surface area contributed by atoms with Gasteiger partial charge in [-0.15, -0.1) is 0 Å².